The van der Waals surface area contributed by atoms with E-state index in [0.29, 0.717) is 23.5 Å². The molecule has 0 aliphatic rings. The smallest absolute Gasteiger partial charge is 0.262 e. The van der Waals surface area contributed by atoms with Gasteiger partial charge in [0.25, 0.3) is 5.91 Å². The molecule has 2 aromatic rings. The Bertz CT molecular complexity index is 599. The summed E-state index contributed by atoms with van der Waals surface area (Å²) in [6, 6.07) is 8.62. The van der Waals surface area contributed by atoms with Gasteiger partial charge in [0, 0.05) is 30.3 Å². The van der Waals surface area contributed by atoms with Crippen molar-refractivity contribution >= 4 is 17.3 Å². The van der Waals surface area contributed by atoms with Gasteiger partial charge in [0.05, 0.1) is 12.7 Å². The van der Waals surface area contributed by atoms with Crippen molar-refractivity contribution in [1.29, 1.82) is 0 Å². The van der Waals surface area contributed by atoms with Crippen molar-refractivity contribution in [3.63, 3.8) is 0 Å². The first-order valence-electron chi connectivity index (χ1n) is 6.32. The molecular weight excluding hydrogens is 254 g/mol. The molecule has 1 aromatic carbocycles. The first kappa shape index (κ1) is 13.9. The van der Waals surface area contributed by atoms with E-state index in [0.717, 1.165) is 5.69 Å². The maximum Gasteiger partial charge on any atom is 0.262 e. The van der Waals surface area contributed by atoms with Crippen molar-refractivity contribution in [2.24, 2.45) is 0 Å². The van der Waals surface area contributed by atoms with E-state index in [9.17, 15) is 4.79 Å². The molecule has 20 heavy (non-hydrogen) atoms. The molecule has 2 rings (SSSR count). The van der Waals surface area contributed by atoms with Crippen LogP contribution in [0.3, 0.4) is 0 Å². The monoisotopic (exact) mass is 271 g/mol. The van der Waals surface area contributed by atoms with Gasteiger partial charge in [-0.05, 0) is 37.3 Å². The minimum Gasteiger partial charge on any atom is -0.496 e. The van der Waals surface area contributed by atoms with Crippen LogP contribution < -0.4 is 15.4 Å². The summed E-state index contributed by atoms with van der Waals surface area (Å²) in [5.41, 5.74) is 7.53. The Labute approximate surface area is 118 Å². The third kappa shape index (κ3) is 2.71. The largest absolute Gasteiger partial charge is 0.496 e. The van der Waals surface area contributed by atoms with Crippen molar-refractivity contribution in [3.05, 3.63) is 48.3 Å². The summed E-state index contributed by atoms with van der Waals surface area (Å²) in [6.45, 7) is 2.46. The fraction of sp³-hybridized carbons (Fsp3) is 0.200. The summed E-state index contributed by atoms with van der Waals surface area (Å²) in [4.78, 5) is 18.3. The van der Waals surface area contributed by atoms with E-state index < -0.39 is 0 Å². The maximum atomic E-state index is 12.7. The van der Waals surface area contributed by atoms with Crippen LogP contribution in [0, 0.1) is 0 Å². The minimum absolute atomic E-state index is 0.150. The molecule has 0 saturated heterocycles. The number of ether oxygens (including phenoxy) is 1. The molecule has 104 valence electrons. The fourth-order valence-corrected chi connectivity index (χ4v) is 2.01. The number of anilines is 2. The van der Waals surface area contributed by atoms with Crippen molar-refractivity contribution < 1.29 is 9.53 Å². The number of carbonyl (C=O) groups is 1. The van der Waals surface area contributed by atoms with E-state index in [-0.39, 0.29) is 5.91 Å². The lowest BCUT2D eigenvalue weighted by Crippen LogP contribution is -2.31. The molecule has 0 bridgehead atoms. The van der Waals surface area contributed by atoms with Crippen LogP contribution in [-0.4, -0.2) is 24.5 Å². The van der Waals surface area contributed by atoms with Crippen molar-refractivity contribution in [3.8, 4) is 5.75 Å². The Morgan fingerprint density at radius 2 is 2.00 bits per heavy atom. The number of nitrogen functional groups attached to an aromatic ring is 1. The molecule has 0 atom stereocenters. The number of aromatic nitrogens is 1. The summed E-state index contributed by atoms with van der Waals surface area (Å²) in [7, 11) is 1.53. The Kier molecular flexibility index (Phi) is 4.20. The Morgan fingerprint density at radius 3 is 2.60 bits per heavy atom. The average molecular weight is 271 g/mol. The zero-order valence-electron chi connectivity index (χ0n) is 11.5. The molecule has 0 fully saturated rings. The molecule has 1 aromatic heterocycles. The second-order valence-corrected chi connectivity index (χ2v) is 4.21. The zero-order chi connectivity index (χ0) is 14.5. The van der Waals surface area contributed by atoms with Gasteiger partial charge in [-0.15, -0.1) is 0 Å². The maximum absolute atomic E-state index is 12.7. The van der Waals surface area contributed by atoms with Crippen LogP contribution in [0.25, 0.3) is 0 Å². The summed E-state index contributed by atoms with van der Waals surface area (Å²) in [5.74, 6) is 0.361. The number of carbonyl (C=O) groups excluding carboxylic acids is 1. The lowest BCUT2D eigenvalue weighted by Gasteiger charge is -2.22. The highest BCUT2D eigenvalue weighted by Crippen LogP contribution is 2.25. The highest BCUT2D eigenvalue weighted by atomic mass is 16.5. The third-order valence-electron chi connectivity index (χ3n) is 2.99. The number of hydrogen-bond donors (Lipinski definition) is 1. The minimum atomic E-state index is -0.150. The number of pyridine rings is 1. The number of nitrogens with zero attached hydrogens (tertiary/aromatic N) is 2. The van der Waals surface area contributed by atoms with Gasteiger partial charge in [0.15, 0.2) is 0 Å². The van der Waals surface area contributed by atoms with Gasteiger partial charge in [-0.3, -0.25) is 9.78 Å². The van der Waals surface area contributed by atoms with Gasteiger partial charge in [-0.1, -0.05) is 0 Å². The number of amides is 1. The Morgan fingerprint density at radius 1 is 1.30 bits per heavy atom. The SMILES string of the molecule is CCN(C(=O)c1cc(N)ccc1OC)c1ccncc1. The number of methoxy groups -OCH3 is 1. The van der Waals surface area contributed by atoms with E-state index in [4.69, 9.17) is 10.5 Å². The van der Waals surface area contributed by atoms with Crippen LogP contribution >= 0.6 is 0 Å². The third-order valence-corrected chi connectivity index (χ3v) is 2.99. The van der Waals surface area contributed by atoms with E-state index in [2.05, 4.69) is 4.98 Å². The highest BCUT2D eigenvalue weighted by molar-refractivity contribution is 6.08. The molecule has 0 aliphatic carbocycles. The molecular formula is C15H17N3O2. The molecule has 1 amide bonds. The summed E-state index contributed by atoms with van der Waals surface area (Å²) < 4.78 is 5.24. The predicted octanol–water partition coefficient (Wildman–Crippen LogP) is 2.34. The van der Waals surface area contributed by atoms with Gasteiger partial charge < -0.3 is 15.4 Å². The first-order chi connectivity index (χ1) is 9.67. The molecule has 0 spiro atoms. The fourth-order valence-electron chi connectivity index (χ4n) is 2.01. The number of hydrogen-bond acceptors (Lipinski definition) is 4. The van der Waals surface area contributed by atoms with Gasteiger partial charge in [-0.2, -0.15) is 0 Å². The molecule has 0 aliphatic heterocycles. The predicted molar refractivity (Wildman–Crippen MR) is 79.0 cm³/mol. The second-order valence-electron chi connectivity index (χ2n) is 4.21. The van der Waals surface area contributed by atoms with Crippen molar-refractivity contribution in [2.45, 2.75) is 6.92 Å². The van der Waals surface area contributed by atoms with Crippen LogP contribution in [0.15, 0.2) is 42.7 Å². The average Bonchev–Trinajstić information content (AvgIpc) is 2.49. The van der Waals surface area contributed by atoms with Crippen molar-refractivity contribution in [2.75, 3.05) is 24.3 Å². The van der Waals surface area contributed by atoms with Crippen LogP contribution in [0.4, 0.5) is 11.4 Å². The Hall–Kier alpha value is -2.56. The normalized spacial score (nSPS) is 10.1. The lowest BCUT2D eigenvalue weighted by atomic mass is 10.1. The van der Waals surface area contributed by atoms with E-state index in [1.165, 1.54) is 7.11 Å². The summed E-state index contributed by atoms with van der Waals surface area (Å²) in [6.07, 6.45) is 3.31. The van der Waals surface area contributed by atoms with Crippen LogP contribution in [-0.2, 0) is 0 Å². The molecule has 5 heteroatoms. The first-order valence-corrected chi connectivity index (χ1v) is 6.32. The van der Waals surface area contributed by atoms with E-state index >= 15 is 0 Å². The van der Waals surface area contributed by atoms with Crippen LogP contribution in [0.5, 0.6) is 5.75 Å². The lowest BCUT2D eigenvalue weighted by molar-refractivity contribution is 0.0985. The summed E-state index contributed by atoms with van der Waals surface area (Å²) >= 11 is 0. The van der Waals surface area contributed by atoms with Crippen LogP contribution in [0.2, 0.25) is 0 Å². The van der Waals surface area contributed by atoms with Gasteiger partial charge in [-0.25, -0.2) is 0 Å². The highest BCUT2D eigenvalue weighted by Gasteiger charge is 2.20. The van der Waals surface area contributed by atoms with E-state index in [1.807, 2.05) is 6.92 Å². The number of rotatable bonds is 4. The zero-order valence-corrected chi connectivity index (χ0v) is 11.5. The second kappa shape index (κ2) is 6.06. The van der Waals surface area contributed by atoms with E-state index in [1.54, 1.807) is 47.6 Å². The van der Waals surface area contributed by atoms with Gasteiger partial charge in [0.1, 0.15) is 5.75 Å². The molecule has 1 heterocycles. The van der Waals surface area contributed by atoms with Crippen LogP contribution in [0.1, 0.15) is 17.3 Å². The number of nitrogens with two attached hydrogens (primary N) is 1. The quantitative estimate of drug-likeness (QED) is 0.867. The molecule has 5 nitrogen and oxygen atoms in total. The van der Waals surface area contributed by atoms with Gasteiger partial charge >= 0.3 is 0 Å². The molecule has 0 unspecified atom stereocenters. The standard InChI is InChI=1S/C15H17N3O2/c1-3-18(12-6-8-17-9-7-12)15(19)13-10-11(16)4-5-14(13)20-2/h4-10H,3,16H2,1-2H3. The van der Waals surface area contributed by atoms with Crippen molar-refractivity contribution in [1.82, 2.24) is 4.98 Å². The Balaban J connectivity index is 2.41. The molecule has 2 N–H and O–H groups in total. The summed E-state index contributed by atoms with van der Waals surface area (Å²) in [5, 5.41) is 0. The topological polar surface area (TPSA) is 68.5 Å². The molecule has 0 saturated carbocycles. The number of benzene rings is 1. The van der Waals surface area contributed by atoms with Gasteiger partial charge in [0.2, 0.25) is 0 Å². The molecule has 0 radical (unpaired) electrons.